The number of hydrogen-bond acceptors (Lipinski definition) is 5. The predicted octanol–water partition coefficient (Wildman–Crippen LogP) is 3.50. The zero-order valence-corrected chi connectivity index (χ0v) is 21.8. The summed E-state index contributed by atoms with van der Waals surface area (Å²) in [6, 6.07) is -0.628. The molecule has 0 saturated heterocycles. The quantitative estimate of drug-likeness (QED) is 0.0994. The molecule has 0 fully saturated rings. The molecule has 0 saturated carbocycles. The Hall–Kier alpha value is -1.34. The van der Waals surface area contributed by atoms with Gasteiger partial charge in [0.25, 0.3) is 0 Å². The maximum atomic E-state index is 12.2. The number of aliphatic imine (C=N–C) groups is 1. The molecule has 0 spiro atoms. The van der Waals surface area contributed by atoms with Crippen molar-refractivity contribution in [2.24, 2.45) is 10.9 Å². The molecule has 0 radical (unpaired) electrons. The first-order chi connectivity index (χ1) is 15.1. The first-order valence-corrected chi connectivity index (χ1v) is 12.7. The van der Waals surface area contributed by atoms with E-state index in [-0.39, 0.29) is 24.5 Å². The van der Waals surface area contributed by atoms with E-state index < -0.39 is 0 Å². The van der Waals surface area contributed by atoms with Gasteiger partial charge in [0.05, 0.1) is 46.8 Å². The van der Waals surface area contributed by atoms with E-state index in [2.05, 4.69) is 17.2 Å². The molecule has 0 unspecified atom stereocenters. The van der Waals surface area contributed by atoms with E-state index in [1.54, 1.807) is 0 Å². The van der Waals surface area contributed by atoms with E-state index in [1.165, 1.54) is 32.1 Å². The minimum Gasteiger partial charge on any atom is -0.846 e. The molecular formula is C25H51N3O4. The van der Waals surface area contributed by atoms with Gasteiger partial charge in [0.15, 0.2) is 0 Å². The van der Waals surface area contributed by atoms with E-state index in [1.807, 2.05) is 35.0 Å². The van der Waals surface area contributed by atoms with Gasteiger partial charge in [-0.1, -0.05) is 59.3 Å². The van der Waals surface area contributed by atoms with Gasteiger partial charge < -0.3 is 24.4 Å². The van der Waals surface area contributed by atoms with Crippen LogP contribution in [-0.4, -0.2) is 76.6 Å². The highest BCUT2D eigenvalue weighted by molar-refractivity contribution is 5.73. The molecule has 0 rings (SSSR count). The Morgan fingerprint density at radius 3 is 2.12 bits per heavy atom. The van der Waals surface area contributed by atoms with Crippen LogP contribution in [0.15, 0.2) is 4.99 Å². The van der Waals surface area contributed by atoms with E-state index in [4.69, 9.17) is 9.47 Å². The van der Waals surface area contributed by atoms with Crippen molar-refractivity contribution in [2.45, 2.75) is 91.0 Å². The summed E-state index contributed by atoms with van der Waals surface area (Å²) in [5.41, 5.74) is 0. The third kappa shape index (κ3) is 21.9. The Kier molecular flexibility index (Phi) is 18.4. The molecule has 0 aromatic rings. The SMILES string of the molecule is CCCCCCCOCCCCCCN=C([O-])N[C@H](CC(=O)OCC(C)C)C[N+](C)(C)C. The predicted molar refractivity (Wildman–Crippen MR) is 131 cm³/mol. The van der Waals surface area contributed by atoms with Crippen LogP contribution in [0.3, 0.4) is 0 Å². The first-order valence-electron chi connectivity index (χ1n) is 12.7. The van der Waals surface area contributed by atoms with Gasteiger partial charge >= 0.3 is 5.97 Å². The van der Waals surface area contributed by atoms with E-state index in [0.717, 1.165) is 38.9 Å². The lowest BCUT2D eigenvalue weighted by atomic mass is 10.2. The molecule has 0 bridgehead atoms. The van der Waals surface area contributed by atoms with Crippen molar-refractivity contribution in [1.82, 2.24) is 5.32 Å². The van der Waals surface area contributed by atoms with Crippen LogP contribution in [0.4, 0.5) is 0 Å². The lowest BCUT2D eigenvalue weighted by Crippen LogP contribution is -2.52. The Morgan fingerprint density at radius 2 is 1.56 bits per heavy atom. The third-order valence-electron chi connectivity index (χ3n) is 4.93. The van der Waals surface area contributed by atoms with Crippen LogP contribution in [0.2, 0.25) is 0 Å². The molecule has 190 valence electrons. The molecule has 32 heavy (non-hydrogen) atoms. The lowest BCUT2D eigenvalue weighted by Gasteiger charge is -2.31. The number of rotatable bonds is 20. The summed E-state index contributed by atoms with van der Waals surface area (Å²) in [6.45, 7) is 9.48. The topological polar surface area (TPSA) is 83.0 Å². The van der Waals surface area contributed by atoms with Gasteiger partial charge in [-0.25, -0.2) is 0 Å². The first kappa shape index (κ1) is 30.7. The van der Waals surface area contributed by atoms with Crippen molar-refractivity contribution >= 4 is 12.0 Å². The molecule has 1 atom stereocenters. The second-order valence-electron chi connectivity index (χ2n) is 10.2. The zero-order valence-electron chi connectivity index (χ0n) is 21.8. The van der Waals surface area contributed by atoms with Crippen molar-refractivity contribution < 1.29 is 23.9 Å². The van der Waals surface area contributed by atoms with Gasteiger partial charge in [0.1, 0.15) is 0 Å². The van der Waals surface area contributed by atoms with Gasteiger partial charge in [-0.3, -0.25) is 9.79 Å². The second-order valence-corrected chi connectivity index (χ2v) is 10.2. The van der Waals surface area contributed by atoms with E-state index >= 15 is 0 Å². The summed E-state index contributed by atoms with van der Waals surface area (Å²) < 4.78 is 11.6. The van der Waals surface area contributed by atoms with Crippen molar-refractivity contribution in [2.75, 3.05) is 54.1 Å². The summed E-state index contributed by atoms with van der Waals surface area (Å²) in [7, 11) is 6.10. The number of nitrogens with zero attached hydrogens (tertiary/aromatic N) is 2. The van der Waals surface area contributed by atoms with Gasteiger partial charge in [-0.2, -0.15) is 0 Å². The zero-order chi connectivity index (χ0) is 24.2. The van der Waals surface area contributed by atoms with Crippen LogP contribution >= 0.6 is 0 Å². The lowest BCUT2D eigenvalue weighted by molar-refractivity contribution is -0.871. The number of carbonyl (C=O) groups excluding carboxylic acids is 1. The van der Waals surface area contributed by atoms with Gasteiger partial charge in [0.2, 0.25) is 0 Å². The smallest absolute Gasteiger partial charge is 0.308 e. The van der Waals surface area contributed by atoms with Gasteiger partial charge in [0, 0.05) is 25.8 Å². The molecule has 0 aliphatic carbocycles. The highest BCUT2D eigenvalue weighted by Crippen LogP contribution is 2.05. The van der Waals surface area contributed by atoms with Crippen molar-refractivity contribution in [1.29, 1.82) is 0 Å². The molecule has 1 N–H and O–H groups in total. The minimum atomic E-state index is -0.341. The molecular weight excluding hydrogens is 406 g/mol. The molecule has 0 aliphatic rings. The Labute approximate surface area is 197 Å². The van der Waals surface area contributed by atoms with Crippen molar-refractivity contribution in [3.05, 3.63) is 0 Å². The van der Waals surface area contributed by atoms with E-state index in [0.29, 0.717) is 30.1 Å². The maximum absolute atomic E-state index is 12.2. The molecule has 0 aromatic heterocycles. The maximum Gasteiger partial charge on any atom is 0.308 e. The average molecular weight is 458 g/mol. The fourth-order valence-electron chi connectivity index (χ4n) is 3.32. The highest BCUT2D eigenvalue weighted by atomic mass is 16.5. The highest BCUT2D eigenvalue weighted by Gasteiger charge is 2.21. The van der Waals surface area contributed by atoms with Gasteiger partial charge in [-0.05, 0) is 25.2 Å². The number of likely N-dealkylation sites (N-methyl/N-ethyl adjacent to an activating group) is 1. The summed E-state index contributed by atoms with van der Waals surface area (Å²) in [4.78, 5) is 16.2. The number of ether oxygens (including phenoxy) is 2. The Bertz CT molecular complexity index is 490. The molecule has 7 nitrogen and oxygen atoms in total. The molecule has 0 heterocycles. The molecule has 0 aliphatic heterocycles. The second kappa shape index (κ2) is 19.2. The standard InChI is InChI=1S/C25H51N3O4/c1-7-8-9-11-14-17-31-18-15-12-10-13-16-26-25(30)27-23(20-28(4,5)6)19-24(29)32-21-22(2)3/h22-23H,7-21H2,1-6H3,(H-,26,27,30)/t23-/m1/s1. The van der Waals surface area contributed by atoms with Crippen molar-refractivity contribution in [3.63, 3.8) is 0 Å². The Balaban J connectivity index is 4.02. The van der Waals surface area contributed by atoms with Crippen molar-refractivity contribution in [3.8, 4) is 0 Å². The summed E-state index contributed by atoms with van der Waals surface area (Å²) in [5, 5.41) is 15.1. The normalized spacial score (nSPS) is 13.4. The van der Waals surface area contributed by atoms with Crippen LogP contribution < -0.4 is 10.4 Å². The summed E-state index contributed by atoms with van der Waals surface area (Å²) in [6.07, 6.45) is 10.6. The number of amidine groups is 1. The fraction of sp³-hybridized carbons (Fsp3) is 0.920. The fourth-order valence-corrected chi connectivity index (χ4v) is 3.32. The number of unbranched alkanes of at least 4 members (excludes halogenated alkanes) is 7. The van der Waals surface area contributed by atoms with E-state index in [9.17, 15) is 9.90 Å². The number of hydrogen-bond donors (Lipinski definition) is 1. The molecule has 7 heteroatoms. The monoisotopic (exact) mass is 457 g/mol. The summed E-state index contributed by atoms with van der Waals surface area (Å²) >= 11 is 0. The summed E-state index contributed by atoms with van der Waals surface area (Å²) in [5.74, 6) is 0.0168. The third-order valence-corrected chi connectivity index (χ3v) is 4.93. The number of carbonyl (C=O) groups is 1. The van der Waals surface area contributed by atoms with Crippen LogP contribution in [-0.2, 0) is 14.3 Å². The minimum absolute atomic E-state index is 0.169. The van der Waals surface area contributed by atoms with Gasteiger partial charge in [-0.15, -0.1) is 0 Å². The largest absolute Gasteiger partial charge is 0.846 e. The number of nitrogens with one attached hydrogen (secondary N) is 1. The average Bonchev–Trinajstić information content (AvgIpc) is 2.68. The Morgan fingerprint density at radius 1 is 0.969 bits per heavy atom. The van der Waals surface area contributed by atoms with Crippen LogP contribution in [0, 0.1) is 5.92 Å². The number of esters is 1. The molecule has 0 aromatic carbocycles. The van der Waals surface area contributed by atoms with Crippen LogP contribution in [0.1, 0.15) is 85.0 Å². The van der Waals surface area contributed by atoms with Crippen LogP contribution in [0.5, 0.6) is 0 Å². The van der Waals surface area contributed by atoms with Crippen LogP contribution in [0.25, 0.3) is 0 Å². The number of quaternary nitrogens is 1. The molecule has 0 amide bonds.